The number of allylic oxidation sites excluding steroid dienone is 5. The van der Waals surface area contributed by atoms with Gasteiger partial charge in [-0.15, -0.1) is 0 Å². The van der Waals surface area contributed by atoms with Gasteiger partial charge in [0.15, 0.2) is 0 Å². The van der Waals surface area contributed by atoms with Crippen LogP contribution in [0.5, 0.6) is 0 Å². The molecule has 0 aliphatic heterocycles. The molecule has 0 bridgehead atoms. The van der Waals surface area contributed by atoms with E-state index in [0.29, 0.717) is 11.8 Å². The summed E-state index contributed by atoms with van der Waals surface area (Å²) >= 11 is 0. The molecule has 12 rings (SSSR count). The van der Waals surface area contributed by atoms with Crippen LogP contribution in [-0.4, -0.2) is 0 Å². The Bertz CT molecular complexity index is 2960. The molecule has 0 N–H and O–H groups in total. The van der Waals surface area contributed by atoms with Crippen LogP contribution >= 0.6 is 0 Å². The maximum Gasteiger partial charge on any atom is 0.0174 e. The largest absolute Gasteiger partial charge is 0.0842 e. The molecular weight excluding hydrogens is 613 g/mol. The summed E-state index contributed by atoms with van der Waals surface area (Å²) in [4.78, 5) is 0. The average Bonchev–Trinajstić information content (AvgIpc) is 3.70. The third kappa shape index (κ3) is 3.60. The number of benzene rings is 8. The van der Waals surface area contributed by atoms with Gasteiger partial charge in [0.1, 0.15) is 0 Å². The van der Waals surface area contributed by atoms with Gasteiger partial charge in [0.05, 0.1) is 0 Å². The van der Waals surface area contributed by atoms with Crippen molar-refractivity contribution in [3.05, 3.63) is 168 Å². The molecule has 2 unspecified atom stereocenters. The number of hydrogen-bond acceptors (Lipinski definition) is 0. The van der Waals surface area contributed by atoms with Gasteiger partial charge in [-0.2, -0.15) is 0 Å². The zero-order valence-corrected chi connectivity index (χ0v) is 28.5. The Labute approximate surface area is 297 Å². The second-order valence-corrected chi connectivity index (χ2v) is 15.0. The highest BCUT2D eigenvalue weighted by molar-refractivity contribution is 6.27. The molecule has 0 heteroatoms. The van der Waals surface area contributed by atoms with Gasteiger partial charge in [-0.05, 0) is 146 Å². The highest BCUT2D eigenvalue weighted by Crippen LogP contribution is 2.60. The van der Waals surface area contributed by atoms with Crippen LogP contribution in [0.15, 0.2) is 146 Å². The second-order valence-electron chi connectivity index (χ2n) is 15.0. The first-order valence-corrected chi connectivity index (χ1v) is 18.5. The molecule has 51 heavy (non-hydrogen) atoms. The summed E-state index contributed by atoms with van der Waals surface area (Å²) in [5.41, 5.74) is 18.3. The SMILES string of the molecule is CC1C=Cc2cccc3c2C1c1c-3c(-c2ccccc2)c2c(ccc3c4cc5c(cc4ccc32)-c2cccc3cccc-5c23)c1C1=CC=CCC1. The molecule has 0 saturated heterocycles. The Kier molecular flexibility index (Phi) is 5.48. The van der Waals surface area contributed by atoms with Crippen LogP contribution in [0.25, 0.3) is 99.2 Å². The molecule has 0 saturated carbocycles. The molecule has 8 aromatic rings. The lowest BCUT2D eigenvalue weighted by atomic mass is 9.74. The lowest BCUT2D eigenvalue weighted by Crippen LogP contribution is -2.13. The first kappa shape index (κ1) is 27.8. The molecule has 238 valence electrons. The lowest BCUT2D eigenvalue weighted by molar-refractivity contribution is 0.630. The maximum absolute atomic E-state index is 2.49. The maximum atomic E-state index is 2.49. The molecule has 0 radical (unpaired) electrons. The van der Waals surface area contributed by atoms with Crippen molar-refractivity contribution in [1.82, 2.24) is 0 Å². The lowest BCUT2D eigenvalue weighted by Gasteiger charge is -2.29. The molecule has 0 nitrogen and oxygen atoms in total. The van der Waals surface area contributed by atoms with Crippen molar-refractivity contribution in [2.75, 3.05) is 0 Å². The summed E-state index contributed by atoms with van der Waals surface area (Å²) in [6, 6.07) is 46.4. The molecule has 0 heterocycles. The van der Waals surface area contributed by atoms with Crippen LogP contribution in [0.3, 0.4) is 0 Å². The van der Waals surface area contributed by atoms with E-state index >= 15 is 0 Å². The minimum atomic E-state index is 0.337. The van der Waals surface area contributed by atoms with Crippen LogP contribution in [-0.2, 0) is 0 Å². The zero-order valence-electron chi connectivity index (χ0n) is 28.5. The van der Waals surface area contributed by atoms with Gasteiger partial charge in [-0.1, -0.05) is 146 Å². The molecule has 8 aromatic carbocycles. The summed E-state index contributed by atoms with van der Waals surface area (Å²) in [7, 11) is 0. The fourth-order valence-corrected chi connectivity index (χ4v) is 10.4. The smallest absolute Gasteiger partial charge is 0.0174 e. The summed E-state index contributed by atoms with van der Waals surface area (Å²) in [5.74, 6) is 0.753. The van der Waals surface area contributed by atoms with Crippen molar-refractivity contribution in [2.24, 2.45) is 5.92 Å². The van der Waals surface area contributed by atoms with Gasteiger partial charge >= 0.3 is 0 Å². The van der Waals surface area contributed by atoms with Crippen LogP contribution in [0.1, 0.15) is 47.9 Å². The molecule has 4 aliphatic rings. The molecule has 0 amide bonds. The quantitative estimate of drug-likeness (QED) is 0.164. The fraction of sp³-hybridized carbons (Fsp3) is 0.0980. The van der Waals surface area contributed by atoms with Gasteiger partial charge in [0, 0.05) is 5.92 Å². The van der Waals surface area contributed by atoms with E-state index in [9.17, 15) is 0 Å². The van der Waals surface area contributed by atoms with Crippen molar-refractivity contribution in [1.29, 1.82) is 0 Å². The Morgan fingerprint density at radius 3 is 2.12 bits per heavy atom. The van der Waals surface area contributed by atoms with E-state index in [1.54, 1.807) is 0 Å². The normalized spacial score (nSPS) is 17.7. The average molecular weight is 647 g/mol. The van der Waals surface area contributed by atoms with Crippen molar-refractivity contribution < 1.29 is 0 Å². The van der Waals surface area contributed by atoms with Gasteiger partial charge in [0.25, 0.3) is 0 Å². The van der Waals surface area contributed by atoms with E-state index in [1.165, 1.54) is 115 Å². The minimum Gasteiger partial charge on any atom is -0.0842 e. The van der Waals surface area contributed by atoms with E-state index in [1.807, 2.05) is 0 Å². The molecule has 2 atom stereocenters. The Morgan fingerprint density at radius 1 is 0.529 bits per heavy atom. The third-order valence-corrected chi connectivity index (χ3v) is 12.5. The van der Waals surface area contributed by atoms with E-state index in [4.69, 9.17) is 0 Å². The second kappa shape index (κ2) is 10.1. The minimum absolute atomic E-state index is 0.337. The van der Waals surface area contributed by atoms with Crippen molar-refractivity contribution >= 4 is 54.7 Å². The summed E-state index contributed by atoms with van der Waals surface area (Å²) < 4.78 is 0. The number of rotatable bonds is 2. The zero-order chi connectivity index (χ0) is 33.4. The van der Waals surface area contributed by atoms with Gasteiger partial charge in [-0.3, -0.25) is 0 Å². The Balaban J connectivity index is 1.26. The highest BCUT2D eigenvalue weighted by atomic mass is 14.4. The molecule has 0 spiro atoms. The molecule has 0 aromatic heterocycles. The number of hydrogen-bond donors (Lipinski definition) is 0. The van der Waals surface area contributed by atoms with Gasteiger partial charge in [-0.25, -0.2) is 0 Å². The predicted octanol–water partition coefficient (Wildman–Crippen LogP) is 14.1. The van der Waals surface area contributed by atoms with Crippen LogP contribution in [0, 0.1) is 5.92 Å². The van der Waals surface area contributed by atoms with Crippen molar-refractivity contribution in [3.63, 3.8) is 0 Å². The van der Waals surface area contributed by atoms with Crippen molar-refractivity contribution in [3.8, 4) is 44.5 Å². The standard InChI is InChI=1S/C51H34/c1-29-21-22-33-17-10-20-39-46(33)44(29)51-47(31-11-4-2-5-12-31)40-26-25-35-38(49(40)48(50(39)51)32-13-6-3-7-14-32)24-23-34-27-42-36-18-8-15-30-16-9-19-37(45(30)36)43(42)28-41(34)35/h2-4,6-11,13-29,44H,5,12H2,1H3. The van der Waals surface area contributed by atoms with Crippen LogP contribution < -0.4 is 0 Å². The highest BCUT2D eigenvalue weighted by Gasteiger charge is 2.40. The Morgan fingerprint density at radius 2 is 1.29 bits per heavy atom. The van der Waals surface area contributed by atoms with E-state index in [2.05, 4.69) is 159 Å². The van der Waals surface area contributed by atoms with Crippen LogP contribution in [0.4, 0.5) is 0 Å². The van der Waals surface area contributed by atoms with E-state index in [0.717, 1.165) is 12.8 Å². The first-order chi connectivity index (χ1) is 25.2. The molecular formula is C51H34. The van der Waals surface area contributed by atoms with Crippen LogP contribution in [0.2, 0.25) is 0 Å². The predicted molar refractivity (Wildman–Crippen MR) is 218 cm³/mol. The first-order valence-electron chi connectivity index (χ1n) is 18.5. The van der Waals surface area contributed by atoms with E-state index < -0.39 is 0 Å². The third-order valence-electron chi connectivity index (χ3n) is 12.5. The van der Waals surface area contributed by atoms with Crippen molar-refractivity contribution in [2.45, 2.75) is 25.7 Å². The number of fused-ring (bicyclic) bond motifs is 11. The fourth-order valence-electron chi connectivity index (χ4n) is 10.4. The molecule has 0 fully saturated rings. The van der Waals surface area contributed by atoms with Gasteiger partial charge < -0.3 is 0 Å². The Hall–Kier alpha value is -5.98. The summed E-state index contributed by atoms with van der Waals surface area (Å²) in [5, 5.41) is 10.8. The summed E-state index contributed by atoms with van der Waals surface area (Å²) in [6.07, 6.45) is 14.0. The topological polar surface area (TPSA) is 0 Å². The van der Waals surface area contributed by atoms with Gasteiger partial charge in [0.2, 0.25) is 0 Å². The monoisotopic (exact) mass is 646 g/mol. The molecule has 4 aliphatic carbocycles. The summed E-state index contributed by atoms with van der Waals surface area (Å²) in [6.45, 7) is 2.42. The van der Waals surface area contributed by atoms with E-state index in [-0.39, 0.29) is 0 Å².